The number of hydrogen-bond acceptors (Lipinski definition) is 1. The van der Waals surface area contributed by atoms with Gasteiger partial charge in [0.25, 0.3) is 0 Å². The van der Waals surface area contributed by atoms with Crippen molar-refractivity contribution in [1.82, 2.24) is 0 Å². The van der Waals surface area contributed by atoms with Crippen molar-refractivity contribution in [3.63, 3.8) is 0 Å². The van der Waals surface area contributed by atoms with Crippen molar-refractivity contribution < 1.29 is 0 Å². The summed E-state index contributed by atoms with van der Waals surface area (Å²) >= 11 is 0. The van der Waals surface area contributed by atoms with Crippen molar-refractivity contribution in [3.8, 4) is 0 Å². The molecule has 0 heterocycles. The molecule has 2 atom stereocenters. The first-order valence-electron chi connectivity index (χ1n) is 5.90. The summed E-state index contributed by atoms with van der Waals surface area (Å²) in [7, 11) is 0. The molecule has 0 aromatic carbocycles. The third-order valence-electron chi connectivity index (χ3n) is 4.10. The molecule has 0 amide bonds. The molecule has 78 valence electrons. The van der Waals surface area contributed by atoms with Gasteiger partial charge in [0, 0.05) is 6.04 Å². The monoisotopic (exact) mass is 183 g/mol. The molecular weight excluding hydrogens is 158 g/mol. The van der Waals surface area contributed by atoms with E-state index in [0.29, 0.717) is 6.04 Å². The highest BCUT2D eigenvalue weighted by Gasteiger charge is 2.25. The minimum absolute atomic E-state index is 0.500. The molecule has 1 heteroatoms. The Kier molecular flexibility index (Phi) is 4.24. The second-order valence-electron chi connectivity index (χ2n) is 4.92. The molecule has 0 aromatic heterocycles. The van der Waals surface area contributed by atoms with Crippen LogP contribution < -0.4 is 5.73 Å². The van der Waals surface area contributed by atoms with Gasteiger partial charge in [0.15, 0.2) is 0 Å². The van der Waals surface area contributed by atoms with Crippen LogP contribution in [0.1, 0.15) is 52.9 Å². The molecule has 1 aliphatic rings. The molecule has 1 rings (SSSR count). The van der Waals surface area contributed by atoms with Gasteiger partial charge in [-0.3, -0.25) is 0 Å². The van der Waals surface area contributed by atoms with E-state index in [1.165, 1.54) is 32.1 Å². The normalized spacial score (nSPS) is 34.2. The molecule has 0 saturated heterocycles. The highest BCUT2D eigenvalue weighted by atomic mass is 14.6. The Morgan fingerprint density at radius 2 is 1.69 bits per heavy atom. The first-order chi connectivity index (χ1) is 6.15. The summed E-state index contributed by atoms with van der Waals surface area (Å²) in [6.45, 7) is 7.12. The van der Waals surface area contributed by atoms with E-state index in [4.69, 9.17) is 5.73 Å². The van der Waals surface area contributed by atoms with Crippen LogP contribution in [-0.4, -0.2) is 6.04 Å². The van der Waals surface area contributed by atoms with Crippen LogP contribution in [-0.2, 0) is 0 Å². The van der Waals surface area contributed by atoms with Crippen molar-refractivity contribution in [1.29, 1.82) is 0 Å². The summed E-state index contributed by atoms with van der Waals surface area (Å²) in [5, 5.41) is 0. The van der Waals surface area contributed by atoms with Gasteiger partial charge in [0.2, 0.25) is 0 Å². The van der Waals surface area contributed by atoms with Crippen LogP contribution in [0.2, 0.25) is 0 Å². The second kappa shape index (κ2) is 4.99. The lowest BCUT2D eigenvalue weighted by Gasteiger charge is -2.33. The maximum absolute atomic E-state index is 5.91. The Morgan fingerprint density at radius 1 is 1.15 bits per heavy atom. The topological polar surface area (TPSA) is 26.0 Å². The standard InChI is InChI=1S/C12H25N/c1-4-9(2)10(3)11-5-7-12(13)8-6-11/h9-12H,4-8,13H2,1-3H3. The fraction of sp³-hybridized carbons (Fsp3) is 1.00. The Hall–Kier alpha value is -0.0400. The largest absolute Gasteiger partial charge is 0.328 e. The van der Waals surface area contributed by atoms with Gasteiger partial charge in [-0.05, 0) is 43.4 Å². The quantitative estimate of drug-likeness (QED) is 0.714. The molecule has 2 unspecified atom stereocenters. The molecule has 13 heavy (non-hydrogen) atoms. The third kappa shape index (κ3) is 2.98. The van der Waals surface area contributed by atoms with Crippen LogP contribution in [0, 0.1) is 17.8 Å². The summed E-state index contributed by atoms with van der Waals surface area (Å²) in [5.41, 5.74) is 5.91. The lowest BCUT2D eigenvalue weighted by Crippen LogP contribution is -2.30. The van der Waals surface area contributed by atoms with Gasteiger partial charge in [-0.1, -0.05) is 27.2 Å². The smallest absolute Gasteiger partial charge is 0.00390 e. The van der Waals surface area contributed by atoms with E-state index in [9.17, 15) is 0 Å². The molecule has 1 fully saturated rings. The Labute approximate surface area is 83.1 Å². The van der Waals surface area contributed by atoms with E-state index in [1.807, 2.05) is 0 Å². The van der Waals surface area contributed by atoms with Crippen LogP contribution in [0.3, 0.4) is 0 Å². The van der Waals surface area contributed by atoms with Crippen molar-refractivity contribution in [3.05, 3.63) is 0 Å². The first-order valence-corrected chi connectivity index (χ1v) is 5.90. The van der Waals surface area contributed by atoms with E-state index < -0.39 is 0 Å². The Balaban J connectivity index is 2.35. The average Bonchev–Trinajstić information content (AvgIpc) is 2.17. The number of nitrogens with two attached hydrogens (primary N) is 1. The minimum atomic E-state index is 0.500. The lowest BCUT2D eigenvalue weighted by atomic mass is 9.74. The van der Waals surface area contributed by atoms with Crippen molar-refractivity contribution in [2.45, 2.75) is 58.9 Å². The molecule has 0 aliphatic heterocycles. The van der Waals surface area contributed by atoms with E-state index in [2.05, 4.69) is 20.8 Å². The van der Waals surface area contributed by atoms with Gasteiger partial charge in [-0.15, -0.1) is 0 Å². The van der Waals surface area contributed by atoms with Gasteiger partial charge >= 0.3 is 0 Å². The van der Waals surface area contributed by atoms with Crippen molar-refractivity contribution >= 4 is 0 Å². The van der Waals surface area contributed by atoms with Gasteiger partial charge in [0.1, 0.15) is 0 Å². The van der Waals surface area contributed by atoms with E-state index in [-0.39, 0.29) is 0 Å². The maximum atomic E-state index is 5.91. The van der Waals surface area contributed by atoms with Crippen molar-refractivity contribution in [2.24, 2.45) is 23.5 Å². The average molecular weight is 183 g/mol. The zero-order valence-electron chi connectivity index (χ0n) is 9.42. The van der Waals surface area contributed by atoms with Crippen LogP contribution >= 0.6 is 0 Å². The fourth-order valence-corrected chi connectivity index (χ4v) is 2.51. The maximum Gasteiger partial charge on any atom is 0.00390 e. The van der Waals surface area contributed by atoms with Gasteiger partial charge in [0.05, 0.1) is 0 Å². The molecule has 0 radical (unpaired) electrons. The molecule has 0 spiro atoms. The predicted molar refractivity (Wildman–Crippen MR) is 58.6 cm³/mol. The first kappa shape index (κ1) is 11.0. The molecule has 0 bridgehead atoms. The van der Waals surface area contributed by atoms with E-state index >= 15 is 0 Å². The summed E-state index contributed by atoms with van der Waals surface area (Å²) < 4.78 is 0. The fourth-order valence-electron chi connectivity index (χ4n) is 2.51. The molecule has 1 aliphatic carbocycles. The minimum Gasteiger partial charge on any atom is -0.328 e. The predicted octanol–water partition coefficient (Wildman–Crippen LogP) is 3.19. The highest BCUT2D eigenvalue weighted by molar-refractivity contribution is 4.79. The Morgan fingerprint density at radius 3 is 2.15 bits per heavy atom. The summed E-state index contributed by atoms with van der Waals surface area (Å²) in [5.74, 6) is 2.74. The van der Waals surface area contributed by atoms with E-state index in [0.717, 1.165) is 17.8 Å². The molecule has 1 saturated carbocycles. The summed E-state index contributed by atoms with van der Waals surface area (Å²) in [6.07, 6.45) is 6.57. The van der Waals surface area contributed by atoms with E-state index in [1.54, 1.807) is 0 Å². The van der Waals surface area contributed by atoms with Gasteiger partial charge < -0.3 is 5.73 Å². The number of hydrogen-bond donors (Lipinski definition) is 1. The van der Waals surface area contributed by atoms with Crippen LogP contribution in [0.25, 0.3) is 0 Å². The summed E-state index contributed by atoms with van der Waals surface area (Å²) in [6, 6.07) is 0.500. The van der Waals surface area contributed by atoms with Crippen LogP contribution in [0.4, 0.5) is 0 Å². The lowest BCUT2D eigenvalue weighted by molar-refractivity contribution is 0.190. The zero-order chi connectivity index (χ0) is 9.84. The van der Waals surface area contributed by atoms with Crippen molar-refractivity contribution in [2.75, 3.05) is 0 Å². The molecule has 2 N–H and O–H groups in total. The SMILES string of the molecule is CCC(C)C(C)C1CCC(N)CC1. The van der Waals surface area contributed by atoms with Crippen LogP contribution in [0.5, 0.6) is 0 Å². The molecule has 1 nitrogen and oxygen atoms in total. The number of rotatable bonds is 3. The van der Waals surface area contributed by atoms with Gasteiger partial charge in [-0.25, -0.2) is 0 Å². The zero-order valence-corrected chi connectivity index (χ0v) is 9.42. The molecular formula is C12H25N. The van der Waals surface area contributed by atoms with Gasteiger partial charge in [-0.2, -0.15) is 0 Å². The summed E-state index contributed by atoms with van der Waals surface area (Å²) in [4.78, 5) is 0. The second-order valence-corrected chi connectivity index (χ2v) is 4.92. The van der Waals surface area contributed by atoms with Crippen LogP contribution in [0.15, 0.2) is 0 Å². The third-order valence-corrected chi connectivity index (χ3v) is 4.10. The highest BCUT2D eigenvalue weighted by Crippen LogP contribution is 2.34. The Bertz CT molecular complexity index is 136. The molecule has 0 aromatic rings.